The Bertz CT molecular complexity index is 494. The standard InChI is InChI=1S/C18H27NO.2ClH.Zr/c1-18(2,3)16-11-7-10-15(17(16)20)13-19-12-14-8-5-4-6-9-14;;;/h7,10-11,13-14,20H,4-6,8-9,12H2,1-3H3;2*1H;/q;;;+2/p-2. The van der Waals surface area contributed by atoms with Crippen LogP contribution in [0, 0.1) is 5.92 Å². The maximum absolute atomic E-state index is 10.4. The van der Waals surface area contributed by atoms with Crippen molar-refractivity contribution in [2.75, 3.05) is 6.54 Å². The molecule has 0 saturated heterocycles. The van der Waals surface area contributed by atoms with Crippen LogP contribution in [0.3, 0.4) is 0 Å². The van der Waals surface area contributed by atoms with Crippen LogP contribution in [0.1, 0.15) is 64.0 Å². The fourth-order valence-corrected chi connectivity index (χ4v) is 2.94. The van der Waals surface area contributed by atoms with Gasteiger partial charge in [-0.15, -0.1) is 0 Å². The van der Waals surface area contributed by atoms with E-state index >= 15 is 0 Å². The molecule has 128 valence electrons. The van der Waals surface area contributed by atoms with Crippen LogP contribution in [0.15, 0.2) is 23.2 Å². The van der Waals surface area contributed by atoms with Crippen molar-refractivity contribution in [2.24, 2.45) is 10.9 Å². The van der Waals surface area contributed by atoms with E-state index in [1.165, 1.54) is 32.1 Å². The molecule has 0 aromatic heterocycles. The summed E-state index contributed by atoms with van der Waals surface area (Å²) in [4.78, 5) is 4.56. The SMILES string of the molecule is CC(C)(C)c1cccc(C=NCC2CCCCC2)c1O.[Cl][Zr][Cl]. The zero-order valence-corrected chi connectivity index (χ0v) is 18.2. The topological polar surface area (TPSA) is 32.6 Å². The quantitative estimate of drug-likeness (QED) is 0.575. The Morgan fingerprint density at radius 2 is 1.83 bits per heavy atom. The van der Waals surface area contributed by atoms with Gasteiger partial charge in [-0.2, -0.15) is 0 Å². The number of phenolic OH excluding ortho intramolecular Hbond substituents is 1. The van der Waals surface area contributed by atoms with Crippen LogP contribution >= 0.6 is 17.0 Å². The summed E-state index contributed by atoms with van der Waals surface area (Å²) in [5, 5.41) is 10.4. The zero-order chi connectivity index (χ0) is 17.3. The summed E-state index contributed by atoms with van der Waals surface area (Å²) < 4.78 is 0. The van der Waals surface area contributed by atoms with E-state index < -0.39 is 20.8 Å². The fraction of sp³-hybridized carbons (Fsp3) is 0.611. The Balaban J connectivity index is 0.000000816. The molecule has 2 rings (SSSR count). The van der Waals surface area contributed by atoms with E-state index in [0.29, 0.717) is 5.75 Å². The van der Waals surface area contributed by atoms with Crippen LogP contribution in [0.25, 0.3) is 0 Å². The van der Waals surface area contributed by atoms with Crippen molar-refractivity contribution in [3.63, 3.8) is 0 Å². The molecule has 1 aliphatic rings. The van der Waals surface area contributed by atoms with Gasteiger partial charge < -0.3 is 5.11 Å². The molecule has 5 heteroatoms. The number of phenols is 1. The van der Waals surface area contributed by atoms with Gasteiger partial charge in [-0.3, -0.25) is 4.99 Å². The number of halogens is 2. The third kappa shape index (κ3) is 7.71. The van der Waals surface area contributed by atoms with Crippen LogP contribution in [-0.2, 0) is 26.3 Å². The molecule has 0 bridgehead atoms. The van der Waals surface area contributed by atoms with E-state index in [9.17, 15) is 5.11 Å². The number of rotatable bonds is 3. The normalized spacial score (nSPS) is 16.0. The van der Waals surface area contributed by atoms with Crippen molar-refractivity contribution in [3.05, 3.63) is 29.3 Å². The van der Waals surface area contributed by atoms with E-state index in [2.05, 4.69) is 25.8 Å². The van der Waals surface area contributed by atoms with Crippen molar-refractivity contribution in [2.45, 2.75) is 58.3 Å². The van der Waals surface area contributed by atoms with E-state index in [0.717, 1.165) is 23.6 Å². The summed E-state index contributed by atoms with van der Waals surface area (Å²) in [6.07, 6.45) is 8.56. The minimum absolute atomic E-state index is 0.0443. The summed E-state index contributed by atoms with van der Waals surface area (Å²) in [5.74, 6) is 1.13. The van der Waals surface area contributed by atoms with Crippen LogP contribution in [-0.4, -0.2) is 17.9 Å². The van der Waals surface area contributed by atoms with Gasteiger partial charge in [0.2, 0.25) is 0 Å². The molecular weight excluding hydrogens is 408 g/mol. The number of para-hydroxylation sites is 1. The van der Waals surface area contributed by atoms with E-state index in [1.807, 2.05) is 24.4 Å². The van der Waals surface area contributed by atoms with Gasteiger partial charge in [0.1, 0.15) is 5.75 Å². The van der Waals surface area contributed by atoms with Gasteiger partial charge in [-0.05, 0) is 35.8 Å². The maximum atomic E-state index is 10.4. The monoisotopic (exact) mass is 433 g/mol. The molecule has 0 aliphatic heterocycles. The van der Waals surface area contributed by atoms with Crippen LogP contribution < -0.4 is 0 Å². The number of aromatic hydroxyl groups is 1. The Kier molecular flexibility index (Phi) is 10.0. The van der Waals surface area contributed by atoms with Gasteiger partial charge in [-0.1, -0.05) is 52.2 Å². The molecule has 0 heterocycles. The van der Waals surface area contributed by atoms with Crippen LogP contribution in [0.5, 0.6) is 5.75 Å². The molecule has 2 nitrogen and oxygen atoms in total. The summed E-state index contributed by atoms with van der Waals surface area (Å²) in [6, 6.07) is 5.94. The third-order valence-electron chi connectivity index (χ3n) is 4.19. The number of nitrogens with zero attached hydrogens (tertiary/aromatic N) is 1. The van der Waals surface area contributed by atoms with Crippen LogP contribution in [0.4, 0.5) is 0 Å². The number of hydrogen-bond acceptors (Lipinski definition) is 2. The fourth-order valence-electron chi connectivity index (χ4n) is 2.94. The predicted molar refractivity (Wildman–Crippen MR) is 97.5 cm³/mol. The van der Waals surface area contributed by atoms with E-state index in [-0.39, 0.29) is 5.41 Å². The Labute approximate surface area is 159 Å². The van der Waals surface area contributed by atoms with Gasteiger partial charge in [-0.25, -0.2) is 0 Å². The second-order valence-corrected chi connectivity index (χ2v) is 10.8. The molecule has 1 aromatic carbocycles. The van der Waals surface area contributed by atoms with Crippen molar-refractivity contribution < 1.29 is 26.0 Å². The summed E-state index contributed by atoms with van der Waals surface area (Å²) in [6.45, 7) is 7.25. The number of aliphatic imine (C=N–C) groups is 1. The molecule has 23 heavy (non-hydrogen) atoms. The molecule has 1 aromatic rings. The summed E-state index contributed by atoms with van der Waals surface area (Å²) in [7, 11) is 9.87. The Hall–Kier alpha value is 0.153. The zero-order valence-electron chi connectivity index (χ0n) is 14.3. The van der Waals surface area contributed by atoms with Gasteiger partial charge in [0.25, 0.3) is 0 Å². The molecule has 1 fully saturated rings. The van der Waals surface area contributed by atoms with Crippen LogP contribution in [0.2, 0.25) is 0 Å². The minimum atomic E-state index is -0.826. The molecule has 1 N–H and O–H groups in total. The van der Waals surface area contributed by atoms with Gasteiger partial charge >= 0.3 is 37.9 Å². The average Bonchev–Trinajstić information content (AvgIpc) is 2.50. The van der Waals surface area contributed by atoms with E-state index in [1.54, 1.807) is 0 Å². The van der Waals surface area contributed by atoms with Crippen molar-refractivity contribution in [3.8, 4) is 5.75 Å². The first kappa shape index (κ1) is 21.2. The van der Waals surface area contributed by atoms with Gasteiger partial charge in [0.15, 0.2) is 0 Å². The molecule has 0 spiro atoms. The van der Waals surface area contributed by atoms with E-state index in [4.69, 9.17) is 17.0 Å². The molecule has 0 amide bonds. The van der Waals surface area contributed by atoms with Crippen molar-refractivity contribution in [1.29, 1.82) is 0 Å². The third-order valence-corrected chi connectivity index (χ3v) is 4.19. The first-order valence-electron chi connectivity index (χ1n) is 8.18. The van der Waals surface area contributed by atoms with Crippen molar-refractivity contribution >= 4 is 23.2 Å². The second-order valence-electron chi connectivity index (χ2n) is 7.06. The van der Waals surface area contributed by atoms with Gasteiger partial charge in [0, 0.05) is 18.3 Å². The molecule has 0 radical (unpaired) electrons. The molecule has 0 unspecified atom stereocenters. The van der Waals surface area contributed by atoms with Gasteiger partial charge in [0.05, 0.1) is 0 Å². The number of hydrogen-bond donors (Lipinski definition) is 1. The predicted octanol–water partition coefficient (Wildman–Crippen LogP) is 6.07. The summed E-state index contributed by atoms with van der Waals surface area (Å²) in [5.41, 5.74) is 1.78. The molecule has 1 saturated carbocycles. The summed E-state index contributed by atoms with van der Waals surface area (Å²) >= 11 is -0.826. The van der Waals surface area contributed by atoms with Crippen molar-refractivity contribution in [1.82, 2.24) is 0 Å². The first-order valence-corrected chi connectivity index (χ1v) is 14.5. The molecule has 0 atom stereocenters. The second kappa shape index (κ2) is 10.9. The number of benzene rings is 1. The Morgan fingerprint density at radius 1 is 1.22 bits per heavy atom. The average molecular weight is 436 g/mol. The molecular formula is C18H27Cl2NOZr. The Morgan fingerprint density at radius 3 is 2.39 bits per heavy atom. The first-order chi connectivity index (χ1) is 10.9. The molecule has 1 aliphatic carbocycles.